The van der Waals surface area contributed by atoms with E-state index in [0.717, 1.165) is 27.4 Å². The van der Waals surface area contributed by atoms with Crippen LogP contribution in [0.1, 0.15) is 17.4 Å². The Labute approximate surface area is 180 Å². The number of amides is 1. The normalized spacial score (nSPS) is 10.8. The van der Waals surface area contributed by atoms with Gasteiger partial charge in [0, 0.05) is 16.5 Å². The van der Waals surface area contributed by atoms with E-state index in [1.807, 2.05) is 44.2 Å². The van der Waals surface area contributed by atoms with E-state index in [0.29, 0.717) is 23.2 Å². The molecule has 0 unspecified atom stereocenters. The first-order chi connectivity index (χ1) is 14.5. The molecular weight excluding hydrogens is 400 g/mol. The Kier molecular flexibility index (Phi) is 7.08. The summed E-state index contributed by atoms with van der Waals surface area (Å²) in [5.74, 6) is 1.81. The lowest BCUT2D eigenvalue weighted by molar-refractivity contribution is -0.111. The molecule has 1 amide bonds. The van der Waals surface area contributed by atoms with Gasteiger partial charge in [-0.25, -0.2) is 4.98 Å². The highest BCUT2D eigenvalue weighted by Gasteiger charge is 2.11. The van der Waals surface area contributed by atoms with Crippen LogP contribution in [0.25, 0.3) is 17.3 Å². The number of nitrogens with one attached hydrogen (secondary N) is 1. The number of thiazole rings is 1. The maximum atomic E-state index is 12.3. The molecule has 3 rings (SSSR count). The van der Waals surface area contributed by atoms with Gasteiger partial charge in [-0.05, 0) is 61.9 Å². The quantitative estimate of drug-likeness (QED) is 0.504. The molecule has 0 aliphatic heterocycles. The molecule has 1 aromatic heterocycles. The van der Waals surface area contributed by atoms with E-state index in [1.54, 1.807) is 32.4 Å². The molecule has 1 N–H and O–H groups in total. The molecule has 0 aliphatic carbocycles. The minimum atomic E-state index is -0.253. The largest absolute Gasteiger partial charge is 0.494 e. The van der Waals surface area contributed by atoms with E-state index >= 15 is 0 Å². The van der Waals surface area contributed by atoms with Crippen molar-refractivity contribution in [3.8, 4) is 28.5 Å². The summed E-state index contributed by atoms with van der Waals surface area (Å²) in [5.41, 5.74) is 2.66. The highest BCUT2D eigenvalue weighted by molar-refractivity contribution is 7.16. The average Bonchev–Trinajstić information content (AvgIpc) is 3.12. The molecule has 3 aromatic rings. The second-order valence-electron chi connectivity index (χ2n) is 6.32. The Bertz CT molecular complexity index is 1040. The second kappa shape index (κ2) is 9.93. The number of hydrogen-bond acceptors (Lipinski definition) is 6. The summed E-state index contributed by atoms with van der Waals surface area (Å²) in [7, 11) is 3.16. The fourth-order valence-corrected chi connectivity index (χ4v) is 3.71. The third kappa shape index (κ3) is 5.18. The summed E-state index contributed by atoms with van der Waals surface area (Å²) < 4.78 is 16.0. The number of carbonyl (C=O) groups excluding carboxylic acids is 1. The van der Waals surface area contributed by atoms with Crippen LogP contribution in [0, 0.1) is 6.92 Å². The zero-order chi connectivity index (χ0) is 21.5. The second-order valence-corrected chi connectivity index (χ2v) is 7.52. The van der Waals surface area contributed by atoms with Crippen LogP contribution in [-0.2, 0) is 4.79 Å². The summed E-state index contributed by atoms with van der Waals surface area (Å²) in [6.45, 7) is 4.56. The van der Waals surface area contributed by atoms with Crippen LogP contribution in [0.15, 0.2) is 48.5 Å². The number of anilines is 1. The lowest BCUT2D eigenvalue weighted by atomic mass is 10.1. The number of aromatic nitrogens is 1. The van der Waals surface area contributed by atoms with Gasteiger partial charge in [0.25, 0.3) is 0 Å². The molecule has 0 bridgehead atoms. The summed E-state index contributed by atoms with van der Waals surface area (Å²) in [6, 6.07) is 13.2. The molecule has 0 spiro atoms. The molecule has 1 heterocycles. The Morgan fingerprint density at radius 1 is 1.10 bits per heavy atom. The van der Waals surface area contributed by atoms with Crippen molar-refractivity contribution in [1.82, 2.24) is 4.98 Å². The first-order valence-corrected chi connectivity index (χ1v) is 10.3. The van der Waals surface area contributed by atoms with Gasteiger partial charge in [-0.3, -0.25) is 10.1 Å². The Morgan fingerprint density at radius 3 is 2.50 bits per heavy atom. The van der Waals surface area contributed by atoms with Crippen LogP contribution in [0.4, 0.5) is 5.13 Å². The van der Waals surface area contributed by atoms with Gasteiger partial charge in [-0.1, -0.05) is 6.07 Å². The zero-order valence-corrected chi connectivity index (χ0v) is 18.2. The molecular formula is C23H24N2O4S. The summed E-state index contributed by atoms with van der Waals surface area (Å²) in [6.07, 6.45) is 3.18. The fraction of sp³-hybridized carbons (Fsp3) is 0.217. The zero-order valence-electron chi connectivity index (χ0n) is 17.4. The van der Waals surface area contributed by atoms with Crippen molar-refractivity contribution in [2.75, 3.05) is 26.1 Å². The standard InChI is InChI=1S/C23H24N2O4S/c1-5-29-18-10-8-17(9-11-18)22-15(2)30-23(25-22)24-21(26)13-7-16-6-12-19(27-3)20(14-16)28-4/h6-14H,5H2,1-4H3,(H,24,25,26)/b13-7+. The fourth-order valence-electron chi connectivity index (χ4n) is 2.87. The van der Waals surface area contributed by atoms with Gasteiger partial charge >= 0.3 is 0 Å². The maximum absolute atomic E-state index is 12.3. The number of hydrogen-bond donors (Lipinski definition) is 1. The predicted molar refractivity (Wildman–Crippen MR) is 121 cm³/mol. The number of nitrogens with zero attached hydrogens (tertiary/aromatic N) is 1. The number of carbonyl (C=O) groups is 1. The van der Waals surface area contributed by atoms with Gasteiger partial charge in [0.2, 0.25) is 5.91 Å². The summed E-state index contributed by atoms with van der Waals surface area (Å²) in [4.78, 5) is 17.9. The lowest BCUT2D eigenvalue weighted by Gasteiger charge is -2.07. The molecule has 156 valence electrons. The average molecular weight is 425 g/mol. The van der Waals surface area contributed by atoms with Gasteiger partial charge in [-0.2, -0.15) is 0 Å². The Balaban J connectivity index is 1.69. The van der Waals surface area contributed by atoms with Gasteiger partial charge in [0.1, 0.15) is 5.75 Å². The van der Waals surface area contributed by atoms with Crippen LogP contribution in [0.2, 0.25) is 0 Å². The van der Waals surface area contributed by atoms with Crippen LogP contribution in [-0.4, -0.2) is 31.7 Å². The SMILES string of the molecule is CCOc1ccc(-c2nc(NC(=O)/C=C/c3ccc(OC)c(OC)c3)sc2C)cc1. The molecule has 0 fully saturated rings. The Hall–Kier alpha value is -3.32. The predicted octanol–water partition coefficient (Wildman–Crippen LogP) is 5.19. The topological polar surface area (TPSA) is 69.7 Å². The van der Waals surface area contributed by atoms with Crippen molar-refractivity contribution >= 4 is 28.5 Å². The lowest BCUT2D eigenvalue weighted by Crippen LogP contribution is -2.07. The third-order valence-corrected chi connectivity index (χ3v) is 5.19. The third-order valence-electron chi connectivity index (χ3n) is 4.30. The van der Waals surface area contributed by atoms with Crippen molar-refractivity contribution in [2.45, 2.75) is 13.8 Å². The van der Waals surface area contributed by atoms with Crippen LogP contribution < -0.4 is 19.5 Å². The van der Waals surface area contributed by atoms with Crippen molar-refractivity contribution in [3.63, 3.8) is 0 Å². The molecule has 0 aliphatic rings. The molecule has 2 aromatic carbocycles. The number of methoxy groups -OCH3 is 2. The molecule has 0 atom stereocenters. The molecule has 6 nitrogen and oxygen atoms in total. The monoisotopic (exact) mass is 424 g/mol. The molecule has 0 radical (unpaired) electrons. The van der Waals surface area contributed by atoms with E-state index in [9.17, 15) is 4.79 Å². The smallest absolute Gasteiger partial charge is 0.250 e. The number of rotatable bonds is 8. The van der Waals surface area contributed by atoms with Crippen LogP contribution >= 0.6 is 11.3 Å². The molecule has 30 heavy (non-hydrogen) atoms. The maximum Gasteiger partial charge on any atom is 0.250 e. The van der Waals surface area contributed by atoms with Gasteiger partial charge < -0.3 is 14.2 Å². The minimum absolute atomic E-state index is 0.253. The van der Waals surface area contributed by atoms with Crippen LogP contribution in [0.5, 0.6) is 17.2 Å². The summed E-state index contributed by atoms with van der Waals surface area (Å²) >= 11 is 1.44. The molecule has 0 saturated heterocycles. The first kappa shape index (κ1) is 21.4. The first-order valence-electron chi connectivity index (χ1n) is 9.45. The number of benzene rings is 2. The minimum Gasteiger partial charge on any atom is -0.494 e. The van der Waals surface area contributed by atoms with Crippen LogP contribution in [0.3, 0.4) is 0 Å². The summed E-state index contributed by atoms with van der Waals surface area (Å²) in [5, 5.41) is 3.38. The van der Waals surface area contributed by atoms with E-state index in [-0.39, 0.29) is 5.91 Å². The van der Waals surface area contributed by atoms with E-state index < -0.39 is 0 Å². The van der Waals surface area contributed by atoms with E-state index in [2.05, 4.69) is 10.3 Å². The number of ether oxygens (including phenoxy) is 3. The van der Waals surface area contributed by atoms with Crippen molar-refractivity contribution in [1.29, 1.82) is 0 Å². The highest BCUT2D eigenvalue weighted by Crippen LogP contribution is 2.31. The van der Waals surface area contributed by atoms with Gasteiger partial charge in [0.05, 0.1) is 26.5 Å². The van der Waals surface area contributed by atoms with Gasteiger partial charge in [-0.15, -0.1) is 11.3 Å². The van der Waals surface area contributed by atoms with Crippen molar-refractivity contribution < 1.29 is 19.0 Å². The van der Waals surface area contributed by atoms with Crippen molar-refractivity contribution in [2.24, 2.45) is 0 Å². The van der Waals surface area contributed by atoms with Crippen molar-refractivity contribution in [3.05, 3.63) is 59.0 Å². The number of aryl methyl sites for hydroxylation is 1. The van der Waals surface area contributed by atoms with E-state index in [1.165, 1.54) is 17.4 Å². The van der Waals surface area contributed by atoms with Gasteiger partial charge in [0.15, 0.2) is 16.6 Å². The molecule has 0 saturated carbocycles. The Morgan fingerprint density at radius 2 is 1.83 bits per heavy atom. The van der Waals surface area contributed by atoms with E-state index in [4.69, 9.17) is 14.2 Å². The molecule has 7 heteroatoms. The highest BCUT2D eigenvalue weighted by atomic mass is 32.1.